The molecule has 0 aliphatic carbocycles. The van der Waals surface area contributed by atoms with Gasteiger partial charge in [0.25, 0.3) is 0 Å². The van der Waals surface area contributed by atoms with Gasteiger partial charge in [0.2, 0.25) is 0 Å². The Hall–Kier alpha value is -1.79. The zero-order valence-corrected chi connectivity index (χ0v) is 15.5. The molecule has 0 radical (unpaired) electrons. The van der Waals surface area contributed by atoms with Gasteiger partial charge in [-0.05, 0) is 64.2 Å². The Morgan fingerprint density at radius 3 is 2.68 bits per heavy atom. The van der Waals surface area contributed by atoms with Crippen molar-refractivity contribution in [1.82, 2.24) is 5.32 Å². The van der Waals surface area contributed by atoms with E-state index in [0.29, 0.717) is 25.3 Å². The van der Waals surface area contributed by atoms with Crippen LogP contribution in [0, 0.1) is 0 Å². The van der Waals surface area contributed by atoms with Gasteiger partial charge in [0.05, 0.1) is 12.7 Å². The number of hydrogen-bond donors (Lipinski definition) is 3. The highest BCUT2D eigenvalue weighted by Gasteiger charge is 2.16. The molecule has 142 valence electrons. The van der Waals surface area contributed by atoms with Crippen LogP contribution in [-0.2, 0) is 4.74 Å². The number of carbonyl (C=O) groups excluding carboxylic acids is 1. The molecule has 0 aliphatic rings. The maximum absolute atomic E-state index is 11.6. The number of ether oxygens (including phenoxy) is 2. The van der Waals surface area contributed by atoms with E-state index >= 15 is 0 Å². The second-order valence-corrected chi connectivity index (χ2v) is 6.94. The highest BCUT2D eigenvalue weighted by molar-refractivity contribution is 5.67. The first-order valence-electron chi connectivity index (χ1n) is 8.80. The first kappa shape index (κ1) is 21.3. The van der Waals surface area contributed by atoms with Crippen molar-refractivity contribution in [2.75, 3.05) is 19.8 Å². The van der Waals surface area contributed by atoms with Gasteiger partial charge in [0.1, 0.15) is 11.4 Å². The van der Waals surface area contributed by atoms with Crippen molar-refractivity contribution in [3.05, 3.63) is 29.8 Å². The van der Waals surface area contributed by atoms with E-state index in [9.17, 15) is 9.90 Å². The van der Waals surface area contributed by atoms with Gasteiger partial charge < -0.3 is 25.0 Å². The lowest BCUT2D eigenvalue weighted by Gasteiger charge is -2.20. The molecule has 1 atom stereocenters. The third kappa shape index (κ3) is 9.94. The highest BCUT2D eigenvalue weighted by atomic mass is 16.6. The number of rotatable bonds is 10. The van der Waals surface area contributed by atoms with Crippen molar-refractivity contribution in [3.63, 3.8) is 0 Å². The quantitative estimate of drug-likeness (QED) is 0.562. The molecule has 25 heavy (non-hydrogen) atoms. The van der Waals surface area contributed by atoms with Gasteiger partial charge >= 0.3 is 6.09 Å². The van der Waals surface area contributed by atoms with Crippen LogP contribution in [0.25, 0.3) is 0 Å². The molecule has 3 N–H and O–H groups in total. The van der Waals surface area contributed by atoms with Gasteiger partial charge in [-0.3, -0.25) is 0 Å². The van der Waals surface area contributed by atoms with E-state index in [1.54, 1.807) is 20.8 Å². The predicted octanol–water partition coefficient (Wildman–Crippen LogP) is 3.18. The monoisotopic (exact) mass is 353 g/mol. The molecule has 6 nitrogen and oxygen atoms in total. The molecule has 6 heteroatoms. The van der Waals surface area contributed by atoms with Crippen LogP contribution in [0.4, 0.5) is 4.79 Å². The average molecular weight is 353 g/mol. The van der Waals surface area contributed by atoms with Crippen molar-refractivity contribution >= 4 is 6.09 Å². The van der Waals surface area contributed by atoms with E-state index in [1.165, 1.54) is 0 Å². The molecule has 0 aliphatic heterocycles. The standard InChI is InChI=1S/C19H31NO5/c1-19(2,3)25-18(23)20-11-10-17(22)15-8-7-9-16(14-15)24-13-6-4-5-12-21/h7-9,14,17,21-22H,4-6,10-13H2,1-3H3,(H,20,23). The number of aliphatic hydroxyl groups is 2. The van der Waals surface area contributed by atoms with Crippen LogP contribution < -0.4 is 10.1 Å². The van der Waals surface area contributed by atoms with Crippen LogP contribution in [0.3, 0.4) is 0 Å². The molecule has 1 rings (SSSR count). The molecular formula is C19H31NO5. The van der Waals surface area contributed by atoms with E-state index in [0.717, 1.165) is 24.8 Å². The van der Waals surface area contributed by atoms with Crippen molar-refractivity contribution in [2.45, 2.75) is 58.2 Å². The Kier molecular flexibility index (Phi) is 9.31. The van der Waals surface area contributed by atoms with E-state index in [4.69, 9.17) is 14.6 Å². The highest BCUT2D eigenvalue weighted by Crippen LogP contribution is 2.21. The number of hydrogen-bond acceptors (Lipinski definition) is 5. The van der Waals surface area contributed by atoms with Crippen LogP contribution in [-0.4, -0.2) is 41.7 Å². The number of benzene rings is 1. The Morgan fingerprint density at radius 1 is 1.24 bits per heavy atom. The molecule has 1 amide bonds. The summed E-state index contributed by atoms with van der Waals surface area (Å²) in [4.78, 5) is 11.6. The summed E-state index contributed by atoms with van der Waals surface area (Å²) in [5.74, 6) is 0.709. The number of nitrogens with one attached hydrogen (secondary N) is 1. The van der Waals surface area contributed by atoms with Gasteiger partial charge in [0, 0.05) is 13.2 Å². The zero-order chi connectivity index (χ0) is 18.7. The Bertz CT molecular complexity index is 513. The summed E-state index contributed by atoms with van der Waals surface area (Å²) in [6.45, 7) is 6.52. The summed E-state index contributed by atoms with van der Waals surface area (Å²) < 4.78 is 10.8. The van der Waals surface area contributed by atoms with Gasteiger partial charge in [-0.15, -0.1) is 0 Å². The molecule has 0 saturated heterocycles. The summed E-state index contributed by atoms with van der Waals surface area (Å²) in [7, 11) is 0. The van der Waals surface area contributed by atoms with E-state index < -0.39 is 17.8 Å². The maximum Gasteiger partial charge on any atom is 0.407 e. The van der Waals surface area contributed by atoms with Crippen molar-refractivity contribution in [1.29, 1.82) is 0 Å². The molecule has 0 fully saturated rings. The molecule has 1 aromatic rings. The van der Waals surface area contributed by atoms with Crippen LogP contribution in [0.2, 0.25) is 0 Å². The van der Waals surface area contributed by atoms with E-state index in [1.807, 2.05) is 24.3 Å². The molecule has 0 spiro atoms. The van der Waals surface area contributed by atoms with Gasteiger partial charge in [-0.25, -0.2) is 4.79 Å². The first-order valence-corrected chi connectivity index (χ1v) is 8.80. The minimum Gasteiger partial charge on any atom is -0.494 e. The lowest BCUT2D eigenvalue weighted by atomic mass is 10.1. The van der Waals surface area contributed by atoms with Gasteiger partial charge in [-0.1, -0.05) is 12.1 Å². The number of alkyl carbamates (subject to hydrolysis) is 1. The lowest BCUT2D eigenvalue weighted by molar-refractivity contribution is 0.0518. The fourth-order valence-electron chi connectivity index (χ4n) is 2.18. The Balaban J connectivity index is 2.36. The number of aliphatic hydroxyl groups excluding tert-OH is 2. The molecule has 0 heterocycles. The third-order valence-corrected chi connectivity index (χ3v) is 3.40. The second-order valence-electron chi connectivity index (χ2n) is 6.94. The summed E-state index contributed by atoms with van der Waals surface area (Å²) in [6, 6.07) is 7.32. The van der Waals surface area contributed by atoms with Crippen LogP contribution >= 0.6 is 0 Å². The van der Waals surface area contributed by atoms with Crippen molar-refractivity contribution < 1.29 is 24.5 Å². The van der Waals surface area contributed by atoms with Crippen LogP contribution in [0.5, 0.6) is 5.75 Å². The van der Waals surface area contributed by atoms with E-state index in [2.05, 4.69) is 5.32 Å². The molecular weight excluding hydrogens is 322 g/mol. The molecule has 0 saturated carbocycles. The van der Waals surface area contributed by atoms with Gasteiger partial charge in [0.15, 0.2) is 0 Å². The lowest BCUT2D eigenvalue weighted by Crippen LogP contribution is -2.33. The molecule has 0 aromatic heterocycles. The minimum absolute atomic E-state index is 0.207. The minimum atomic E-state index is -0.687. The fraction of sp³-hybridized carbons (Fsp3) is 0.632. The number of unbranched alkanes of at least 4 members (excludes halogenated alkanes) is 2. The van der Waals surface area contributed by atoms with Crippen LogP contribution in [0.15, 0.2) is 24.3 Å². The zero-order valence-electron chi connectivity index (χ0n) is 15.5. The van der Waals surface area contributed by atoms with E-state index in [-0.39, 0.29) is 6.61 Å². The van der Waals surface area contributed by atoms with Crippen LogP contribution in [0.1, 0.15) is 58.1 Å². The normalized spacial score (nSPS) is 12.5. The van der Waals surface area contributed by atoms with Gasteiger partial charge in [-0.2, -0.15) is 0 Å². The average Bonchev–Trinajstić information content (AvgIpc) is 2.53. The second kappa shape index (κ2) is 10.9. The first-order chi connectivity index (χ1) is 11.8. The summed E-state index contributed by atoms with van der Waals surface area (Å²) in [6.07, 6.45) is 1.81. The Morgan fingerprint density at radius 2 is 2.00 bits per heavy atom. The summed E-state index contributed by atoms with van der Waals surface area (Å²) in [5.41, 5.74) is 0.213. The number of amides is 1. The number of carbonyl (C=O) groups is 1. The maximum atomic E-state index is 11.6. The summed E-state index contributed by atoms with van der Waals surface area (Å²) >= 11 is 0. The smallest absolute Gasteiger partial charge is 0.407 e. The fourth-order valence-corrected chi connectivity index (χ4v) is 2.18. The topological polar surface area (TPSA) is 88.0 Å². The molecule has 1 unspecified atom stereocenters. The Labute approximate surface area is 150 Å². The van der Waals surface area contributed by atoms with Crippen molar-refractivity contribution in [3.8, 4) is 5.75 Å². The van der Waals surface area contributed by atoms with Crippen molar-refractivity contribution in [2.24, 2.45) is 0 Å². The molecule has 0 bridgehead atoms. The molecule has 1 aromatic carbocycles. The summed E-state index contributed by atoms with van der Waals surface area (Å²) in [5, 5.41) is 21.6. The predicted molar refractivity (Wildman–Crippen MR) is 96.7 cm³/mol. The third-order valence-electron chi connectivity index (χ3n) is 3.40. The SMILES string of the molecule is CC(C)(C)OC(=O)NCCC(O)c1cccc(OCCCCCO)c1. The largest absolute Gasteiger partial charge is 0.494 e.